The van der Waals surface area contributed by atoms with Gasteiger partial charge in [0.05, 0.1) is 5.69 Å². The molecule has 0 aliphatic carbocycles. The van der Waals surface area contributed by atoms with Crippen molar-refractivity contribution in [2.24, 2.45) is 0 Å². The summed E-state index contributed by atoms with van der Waals surface area (Å²) < 4.78 is 0. The van der Waals surface area contributed by atoms with E-state index < -0.39 is 0 Å². The molecule has 0 aliphatic rings. The van der Waals surface area contributed by atoms with Crippen LogP contribution in [0.2, 0.25) is 0 Å². The lowest BCUT2D eigenvalue weighted by molar-refractivity contribution is 0.0987. The Balaban J connectivity index is 2.64. The SMILES string of the molecule is CC(=O)c1cccccc[nH]c1C(=O)c1ccccc1. The third kappa shape index (κ3) is 3.20. The number of nitrogens with one attached hydrogen (secondary N) is 1. The molecule has 0 aliphatic heterocycles. The summed E-state index contributed by atoms with van der Waals surface area (Å²) >= 11 is 0. The molecule has 1 heterocycles. The van der Waals surface area contributed by atoms with E-state index in [0.717, 1.165) is 0 Å². The molecule has 1 aromatic heterocycles. The van der Waals surface area contributed by atoms with Crippen molar-refractivity contribution in [3.8, 4) is 0 Å². The van der Waals surface area contributed by atoms with Gasteiger partial charge in [0, 0.05) is 17.3 Å². The molecular formula is C17H15NO2. The summed E-state index contributed by atoms with van der Waals surface area (Å²) in [6, 6.07) is 17.7. The van der Waals surface area contributed by atoms with E-state index in [9.17, 15) is 9.59 Å². The second-order valence-corrected chi connectivity index (χ2v) is 4.29. The summed E-state index contributed by atoms with van der Waals surface area (Å²) in [5.74, 6) is -0.358. The Kier molecular flexibility index (Phi) is 4.45. The van der Waals surface area contributed by atoms with E-state index in [0.29, 0.717) is 16.8 Å². The van der Waals surface area contributed by atoms with E-state index in [1.165, 1.54) is 6.92 Å². The predicted octanol–water partition coefficient (Wildman–Crippen LogP) is 3.57. The first-order valence-corrected chi connectivity index (χ1v) is 6.31. The fraction of sp³-hybridized carbons (Fsp3) is 0.0588. The molecule has 3 nitrogen and oxygen atoms in total. The number of rotatable bonds is 3. The van der Waals surface area contributed by atoms with Crippen molar-refractivity contribution in [1.29, 1.82) is 0 Å². The molecule has 0 spiro atoms. The van der Waals surface area contributed by atoms with Gasteiger partial charge < -0.3 is 4.98 Å². The summed E-state index contributed by atoms with van der Waals surface area (Å²) in [5, 5.41) is 0. The van der Waals surface area contributed by atoms with Gasteiger partial charge in [0.25, 0.3) is 0 Å². The molecular weight excluding hydrogens is 250 g/mol. The zero-order valence-electron chi connectivity index (χ0n) is 11.2. The van der Waals surface area contributed by atoms with E-state index in [-0.39, 0.29) is 11.6 Å². The smallest absolute Gasteiger partial charge is 0.209 e. The molecule has 0 fully saturated rings. The van der Waals surface area contributed by atoms with Crippen LogP contribution in [0.3, 0.4) is 0 Å². The van der Waals surface area contributed by atoms with E-state index in [4.69, 9.17) is 0 Å². The van der Waals surface area contributed by atoms with Crippen LogP contribution < -0.4 is 0 Å². The van der Waals surface area contributed by atoms with Crippen LogP contribution in [0.5, 0.6) is 0 Å². The third-order valence-corrected chi connectivity index (χ3v) is 2.83. The first-order chi connectivity index (χ1) is 9.70. The maximum absolute atomic E-state index is 12.5. The lowest BCUT2D eigenvalue weighted by Gasteiger charge is -2.03. The van der Waals surface area contributed by atoms with Crippen molar-refractivity contribution in [2.45, 2.75) is 6.92 Å². The average molecular weight is 265 g/mol. The summed E-state index contributed by atoms with van der Waals surface area (Å²) in [4.78, 5) is 27.2. The lowest BCUT2D eigenvalue weighted by atomic mass is 10.0. The minimum atomic E-state index is -0.202. The Morgan fingerprint density at radius 2 is 1.45 bits per heavy atom. The van der Waals surface area contributed by atoms with E-state index >= 15 is 0 Å². The van der Waals surface area contributed by atoms with E-state index in [2.05, 4.69) is 4.98 Å². The van der Waals surface area contributed by atoms with Gasteiger partial charge in [0.1, 0.15) is 0 Å². The van der Waals surface area contributed by atoms with Crippen LogP contribution in [0, 0.1) is 0 Å². The second kappa shape index (κ2) is 6.48. The summed E-state index contributed by atoms with van der Waals surface area (Å²) in [5.41, 5.74) is 1.21. The number of H-pyrrole nitrogens is 1. The molecule has 20 heavy (non-hydrogen) atoms. The Hall–Kier alpha value is -2.68. The van der Waals surface area contributed by atoms with Crippen molar-refractivity contribution in [3.63, 3.8) is 0 Å². The number of hydrogen-bond acceptors (Lipinski definition) is 2. The molecule has 0 atom stereocenters. The molecule has 1 aromatic carbocycles. The van der Waals surface area contributed by atoms with Gasteiger partial charge in [0.2, 0.25) is 5.78 Å². The van der Waals surface area contributed by atoms with Crippen LogP contribution in [-0.2, 0) is 0 Å². The number of Topliss-reactive ketones (excluding diaryl/α,β-unsaturated/α-hetero) is 1. The first kappa shape index (κ1) is 13.7. The fourth-order valence-electron chi connectivity index (χ4n) is 1.84. The summed E-state index contributed by atoms with van der Waals surface area (Å²) in [7, 11) is 0. The van der Waals surface area contributed by atoms with Gasteiger partial charge in [-0.25, -0.2) is 0 Å². The van der Waals surface area contributed by atoms with Gasteiger partial charge in [-0.1, -0.05) is 48.5 Å². The molecule has 2 rings (SSSR count). The van der Waals surface area contributed by atoms with Crippen LogP contribution in [0.1, 0.15) is 33.3 Å². The third-order valence-electron chi connectivity index (χ3n) is 2.83. The number of carbonyl (C=O) groups excluding carboxylic acids is 2. The largest absolute Gasteiger partial charge is 0.358 e. The van der Waals surface area contributed by atoms with Crippen molar-refractivity contribution < 1.29 is 9.59 Å². The molecule has 0 radical (unpaired) electrons. The monoisotopic (exact) mass is 265 g/mol. The normalized spacial score (nSPS) is 9.65. The van der Waals surface area contributed by atoms with Crippen LogP contribution in [0.25, 0.3) is 0 Å². The van der Waals surface area contributed by atoms with Gasteiger partial charge in [0.15, 0.2) is 5.78 Å². The summed E-state index contributed by atoms with van der Waals surface area (Å²) in [6.07, 6.45) is 1.64. The standard InChI is InChI=1S/C17H15NO2/c1-13(19)15-11-7-2-3-8-12-18-16(15)17(20)14-9-5-4-6-10-14/h2-12,18H,1H3. The molecule has 0 bridgehead atoms. The maximum Gasteiger partial charge on any atom is 0.209 e. The second-order valence-electron chi connectivity index (χ2n) is 4.29. The predicted molar refractivity (Wildman–Crippen MR) is 78.3 cm³/mol. The Morgan fingerprint density at radius 1 is 0.850 bits per heavy atom. The van der Waals surface area contributed by atoms with Crippen LogP contribution >= 0.6 is 0 Å². The highest BCUT2D eigenvalue weighted by molar-refractivity contribution is 6.13. The average Bonchev–Trinajstić information content (AvgIpc) is 2.59. The van der Waals surface area contributed by atoms with Gasteiger partial charge in [-0.2, -0.15) is 0 Å². The zero-order chi connectivity index (χ0) is 14.4. The highest BCUT2D eigenvalue weighted by atomic mass is 16.1. The quantitative estimate of drug-likeness (QED) is 0.862. The van der Waals surface area contributed by atoms with E-state index in [1.807, 2.05) is 12.1 Å². The van der Waals surface area contributed by atoms with Gasteiger partial charge >= 0.3 is 0 Å². The van der Waals surface area contributed by atoms with Crippen LogP contribution in [-0.4, -0.2) is 16.6 Å². The van der Waals surface area contributed by atoms with Gasteiger partial charge in [-0.3, -0.25) is 9.59 Å². The Labute approximate surface area is 117 Å². The molecule has 3 heteroatoms. The van der Waals surface area contributed by atoms with Crippen molar-refractivity contribution >= 4 is 11.6 Å². The molecule has 0 saturated carbocycles. The molecule has 0 amide bonds. The molecule has 0 saturated heterocycles. The first-order valence-electron chi connectivity index (χ1n) is 6.31. The number of hydrogen-bond donors (Lipinski definition) is 1. The zero-order valence-corrected chi connectivity index (χ0v) is 11.2. The minimum Gasteiger partial charge on any atom is -0.358 e. The molecule has 2 aromatic rings. The van der Waals surface area contributed by atoms with Crippen LogP contribution in [0.4, 0.5) is 0 Å². The van der Waals surface area contributed by atoms with Crippen molar-refractivity contribution in [1.82, 2.24) is 4.98 Å². The fourth-order valence-corrected chi connectivity index (χ4v) is 1.84. The van der Waals surface area contributed by atoms with Crippen molar-refractivity contribution in [2.75, 3.05) is 0 Å². The number of aromatic amines is 1. The topological polar surface area (TPSA) is 49.9 Å². The highest BCUT2D eigenvalue weighted by Gasteiger charge is 2.14. The highest BCUT2D eigenvalue weighted by Crippen LogP contribution is 2.11. The summed E-state index contributed by atoms with van der Waals surface area (Å²) in [6.45, 7) is 1.45. The van der Waals surface area contributed by atoms with Gasteiger partial charge in [-0.05, 0) is 19.1 Å². The molecule has 1 N–H and O–H groups in total. The van der Waals surface area contributed by atoms with Crippen LogP contribution in [0.15, 0.2) is 66.9 Å². The minimum absolute atomic E-state index is 0.156. The van der Waals surface area contributed by atoms with Gasteiger partial charge in [-0.15, -0.1) is 0 Å². The number of carbonyl (C=O) groups is 2. The lowest BCUT2D eigenvalue weighted by Crippen LogP contribution is -2.09. The Morgan fingerprint density at radius 3 is 2.15 bits per heavy atom. The number of benzene rings is 1. The molecule has 100 valence electrons. The Bertz CT molecular complexity index is 670. The number of ketones is 2. The van der Waals surface area contributed by atoms with E-state index in [1.54, 1.807) is 54.7 Å². The number of aromatic nitrogens is 1. The van der Waals surface area contributed by atoms with Crippen molar-refractivity contribution in [3.05, 3.63) is 83.7 Å². The molecule has 0 unspecified atom stereocenters. The maximum atomic E-state index is 12.5.